The van der Waals surface area contributed by atoms with Crippen LogP contribution in [0.3, 0.4) is 0 Å². The van der Waals surface area contributed by atoms with Gasteiger partial charge in [0.2, 0.25) is 5.76 Å². The molecule has 0 amide bonds. The Balaban J connectivity index is 1.70. The smallest absolute Gasteiger partial charge is 0.372 e. The maximum absolute atomic E-state index is 10.9. The molecule has 1 fully saturated rings. The second-order valence-electron chi connectivity index (χ2n) is 5.11. The fourth-order valence-electron chi connectivity index (χ4n) is 2.48. The molecule has 2 rings (SSSR count). The summed E-state index contributed by atoms with van der Waals surface area (Å²) >= 11 is 0. The summed E-state index contributed by atoms with van der Waals surface area (Å²) in [5.74, 6) is -0.265. The Morgan fingerprint density at radius 1 is 1.42 bits per heavy atom. The van der Waals surface area contributed by atoms with E-state index in [1.54, 1.807) is 13.0 Å². The zero-order valence-electron chi connectivity index (χ0n) is 11.4. The molecule has 0 unspecified atom stereocenters. The van der Waals surface area contributed by atoms with Crippen LogP contribution in [-0.2, 0) is 6.54 Å². The van der Waals surface area contributed by atoms with Crippen molar-refractivity contribution in [3.63, 3.8) is 0 Å². The van der Waals surface area contributed by atoms with Crippen molar-refractivity contribution >= 4 is 5.97 Å². The number of furan rings is 1. The van der Waals surface area contributed by atoms with Gasteiger partial charge in [0, 0.05) is 18.7 Å². The summed E-state index contributed by atoms with van der Waals surface area (Å²) in [6, 6.07) is 1.79. The predicted molar refractivity (Wildman–Crippen MR) is 72.4 cm³/mol. The Bertz CT molecular complexity index is 422. The summed E-state index contributed by atoms with van der Waals surface area (Å²) in [5, 5.41) is 12.2. The first-order valence-electron chi connectivity index (χ1n) is 6.92. The highest BCUT2D eigenvalue weighted by molar-refractivity contribution is 5.86. The molecule has 106 valence electrons. The summed E-state index contributed by atoms with van der Waals surface area (Å²) < 4.78 is 5.29. The molecule has 1 saturated heterocycles. The molecule has 1 aromatic heterocycles. The highest BCUT2D eigenvalue weighted by atomic mass is 16.4. The lowest BCUT2D eigenvalue weighted by atomic mass is 10.1. The average molecular weight is 266 g/mol. The molecule has 0 aromatic carbocycles. The summed E-state index contributed by atoms with van der Waals surface area (Å²) in [7, 11) is 0. The predicted octanol–water partition coefficient (Wildman–Crippen LogP) is 1.86. The highest BCUT2D eigenvalue weighted by Crippen LogP contribution is 2.14. The van der Waals surface area contributed by atoms with Crippen LogP contribution in [0.15, 0.2) is 10.5 Å². The van der Waals surface area contributed by atoms with Gasteiger partial charge in [-0.1, -0.05) is 6.42 Å². The van der Waals surface area contributed by atoms with Crippen LogP contribution < -0.4 is 5.32 Å². The normalized spacial score (nSPS) is 16.7. The zero-order chi connectivity index (χ0) is 13.7. The minimum absolute atomic E-state index is 0.0489. The largest absolute Gasteiger partial charge is 0.475 e. The first-order chi connectivity index (χ1) is 9.16. The first kappa shape index (κ1) is 14.1. The van der Waals surface area contributed by atoms with E-state index in [4.69, 9.17) is 9.52 Å². The van der Waals surface area contributed by atoms with Gasteiger partial charge in [0.15, 0.2) is 0 Å². The third kappa shape index (κ3) is 4.08. The van der Waals surface area contributed by atoms with E-state index in [1.165, 1.54) is 32.4 Å². The number of nitrogens with zero attached hydrogens (tertiary/aromatic N) is 1. The van der Waals surface area contributed by atoms with Crippen molar-refractivity contribution in [2.75, 3.05) is 26.2 Å². The minimum atomic E-state index is -1.00. The fourth-order valence-corrected chi connectivity index (χ4v) is 2.48. The van der Waals surface area contributed by atoms with Gasteiger partial charge in [-0.05, 0) is 38.9 Å². The van der Waals surface area contributed by atoms with Crippen molar-refractivity contribution in [2.45, 2.75) is 32.7 Å². The molecule has 2 heterocycles. The molecule has 5 heteroatoms. The van der Waals surface area contributed by atoms with Gasteiger partial charge in [-0.15, -0.1) is 0 Å². The molecule has 0 atom stereocenters. The van der Waals surface area contributed by atoms with Crippen LogP contribution in [-0.4, -0.2) is 42.2 Å². The van der Waals surface area contributed by atoms with E-state index >= 15 is 0 Å². The van der Waals surface area contributed by atoms with Gasteiger partial charge >= 0.3 is 5.97 Å². The van der Waals surface area contributed by atoms with Crippen LogP contribution in [0.2, 0.25) is 0 Å². The fraction of sp³-hybridized carbons (Fsp3) is 0.643. The molecule has 1 aliphatic heterocycles. The number of aromatic carboxylic acids is 1. The molecule has 0 spiro atoms. The van der Waals surface area contributed by atoms with Gasteiger partial charge in [-0.25, -0.2) is 4.79 Å². The van der Waals surface area contributed by atoms with Crippen LogP contribution in [0.4, 0.5) is 0 Å². The van der Waals surface area contributed by atoms with E-state index in [9.17, 15) is 4.79 Å². The molecule has 19 heavy (non-hydrogen) atoms. The van der Waals surface area contributed by atoms with Gasteiger partial charge < -0.3 is 19.7 Å². The van der Waals surface area contributed by atoms with Crippen molar-refractivity contribution in [2.24, 2.45) is 0 Å². The van der Waals surface area contributed by atoms with Crippen LogP contribution in [0.1, 0.15) is 41.1 Å². The summed E-state index contributed by atoms with van der Waals surface area (Å²) in [5.41, 5.74) is 0.681. The lowest BCUT2D eigenvalue weighted by molar-refractivity contribution is 0.0659. The van der Waals surface area contributed by atoms with E-state index in [0.29, 0.717) is 17.9 Å². The molecule has 0 bridgehead atoms. The second kappa shape index (κ2) is 6.73. The maximum atomic E-state index is 10.9. The van der Waals surface area contributed by atoms with Gasteiger partial charge in [-0.3, -0.25) is 0 Å². The van der Waals surface area contributed by atoms with Crippen LogP contribution in [0, 0.1) is 6.92 Å². The highest BCUT2D eigenvalue weighted by Gasteiger charge is 2.14. The Morgan fingerprint density at radius 2 is 2.16 bits per heavy atom. The third-order valence-corrected chi connectivity index (χ3v) is 3.52. The molecule has 0 aliphatic carbocycles. The quantitative estimate of drug-likeness (QED) is 0.769. The first-order valence-corrected chi connectivity index (χ1v) is 6.92. The number of aryl methyl sites for hydroxylation is 1. The lowest BCUT2D eigenvalue weighted by Gasteiger charge is -2.26. The number of carboxylic acid groups (broad SMARTS) is 1. The second-order valence-corrected chi connectivity index (χ2v) is 5.11. The van der Waals surface area contributed by atoms with E-state index in [2.05, 4.69) is 10.2 Å². The molecule has 5 nitrogen and oxygen atoms in total. The summed E-state index contributed by atoms with van der Waals surface area (Å²) in [6.45, 7) is 6.69. The minimum Gasteiger partial charge on any atom is -0.475 e. The van der Waals surface area contributed by atoms with Gasteiger partial charge in [0.05, 0.1) is 6.54 Å². The SMILES string of the molecule is Cc1cc(CNCCN2CCCCC2)oc1C(=O)O. The van der Waals surface area contributed by atoms with Crippen LogP contribution in [0.25, 0.3) is 0 Å². The number of hydrogen-bond acceptors (Lipinski definition) is 4. The van der Waals surface area contributed by atoms with E-state index in [0.717, 1.165) is 13.1 Å². The molecular formula is C14H22N2O3. The molecule has 2 N–H and O–H groups in total. The van der Waals surface area contributed by atoms with Crippen LogP contribution in [0.5, 0.6) is 0 Å². The molecule has 0 saturated carbocycles. The van der Waals surface area contributed by atoms with Crippen molar-refractivity contribution in [1.82, 2.24) is 10.2 Å². The molecule has 0 radical (unpaired) electrons. The monoisotopic (exact) mass is 266 g/mol. The van der Waals surface area contributed by atoms with Gasteiger partial charge in [0.1, 0.15) is 5.76 Å². The Kier molecular flexibility index (Phi) is 4.99. The van der Waals surface area contributed by atoms with E-state index < -0.39 is 5.97 Å². The van der Waals surface area contributed by atoms with Crippen LogP contribution >= 0.6 is 0 Å². The van der Waals surface area contributed by atoms with Gasteiger partial charge in [0.25, 0.3) is 0 Å². The number of carbonyl (C=O) groups is 1. The Morgan fingerprint density at radius 3 is 2.79 bits per heavy atom. The molecule has 1 aliphatic rings. The van der Waals surface area contributed by atoms with E-state index in [1.807, 2.05) is 0 Å². The molecular weight excluding hydrogens is 244 g/mol. The standard InChI is InChI=1S/C14H22N2O3/c1-11-9-12(19-13(11)14(17)18)10-15-5-8-16-6-3-2-4-7-16/h9,15H,2-8,10H2,1H3,(H,17,18). The molecule has 1 aromatic rings. The average Bonchev–Trinajstić information content (AvgIpc) is 2.77. The number of nitrogens with one attached hydrogen (secondary N) is 1. The number of hydrogen-bond donors (Lipinski definition) is 2. The third-order valence-electron chi connectivity index (χ3n) is 3.52. The summed E-state index contributed by atoms with van der Waals surface area (Å²) in [4.78, 5) is 13.3. The van der Waals surface area contributed by atoms with E-state index in [-0.39, 0.29) is 5.76 Å². The number of likely N-dealkylation sites (tertiary alicyclic amines) is 1. The van der Waals surface area contributed by atoms with Crippen molar-refractivity contribution in [3.8, 4) is 0 Å². The van der Waals surface area contributed by atoms with Crippen molar-refractivity contribution < 1.29 is 14.3 Å². The van der Waals surface area contributed by atoms with Crippen molar-refractivity contribution in [3.05, 3.63) is 23.2 Å². The Labute approximate surface area is 113 Å². The number of rotatable bonds is 6. The zero-order valence-corrected chi connectivity index (χ0v) is 11.4. The Hall–Kier alpha value is -1.33. The lowest BCUT2D eigenvalue weighted by Crippen LogP contribution is -2.35. The topological polar surface area (TPSA) is 65.7 Å². The van der Waals surface area contributed by atoms with Crippen molar-refractivity contribution in [1.29, 1.82) is 0 Å². The number of carboxylic acids is 1. The maximum Gasteiger partial charge on any atom is 0.372 e. The number of piperidine rings is 1. The van der Waals surface area contributed by atoms with Gasteiger partial charge in [-0.2, -0.15) is 0 Å². The summed E-state index contributed by atoms with van der Waals surface area (Å²) in [6.07, 6.45) is 3.96.